The van der Waals surface area contributed by atoms with Gasteiger partial charge in [-0.25, -0.2) is 9.37 Å². The fourth-order valence-corrected chi connectivity index (χ4v) is 4.54. The van der Waals surface area contributed by atoms with E-state index in [0.717, 1.165) is 0 Å². The third-order valence-corrected chi connectivity index (χ3v) is 6.53. The van der Waals surface area contributed by atoms with Crippen molar-refractivity contribution in [3.8, 4) is 11.3 Å². The number of fused-ring (bicyclic) bond motifs is 1. The van der Waals surface area contributed by atoms with Gasteiger partial charge in [0.15, 0.2) is 10.6 Å². The van der Waals surface area contributed by atoms with Gasteiger partial charge in [0, 0.05) is 63.8 Å². The Labute approximate surface area is 189 Å². The van der Waals surface area contributed by atoms with Crippen LogP contribution in [0.2, 0.25) is 0 Å². The Hall–Kier alpha value is -2.98. The summed E-state index contributed by atoms with van der Waals surface area (Å²) >= 11 is 1.27. The first-order valence-electron chi connectivity index (χ1n) is 10.5. The lowest BCUT2D eigenvalue weighted by molar-refractivity contribution is -0.129. The van der Waals surface area contributed by atoms with E-state index in [-0.39, 0.29) is 11.3 Å². The second-order valence-electron chi connectivity index (χ2n) is 8.10. The average molecular weight is 459 g/mol. The molecule has 4 rings (SSSR count). The third-order valence-electron chi connectivity index (χ3n) is 5.86. The summed E-state index contributed by atoms with van der Waals surface area (Å²) in [6.45, 7) is 5.51. The Morgan fingerprint density at radius 2 is 1.97 bits per heavy atom. The van der Waals surface area contributed by atoms with Crippen LogP contribution < -0.4 is 16.1 Å². The number of amides is 1. The highest BCUT2D eigenvalue weighted by molar-refractivity contribution is 7.13. The van der Waals surface area contributed by atoms with Crippen molar-refractivity contribution < 1.29 is 9.18 Å². The molecule has 3 heterocycles. The standard InChI is InChI=1S/C22H27FN6O2S/c1-4-28-11-15(17-13-32-22(24)25-17)21(31)14-9-16(23)19(10-18(14)28)29-7-5-27(6-8-29)12-20(30)26(2)3/h9-11,13H,4-8,12H2,1-3H3,(H2,24,25). The number of piperazine rings is 1. The number of halogens is 1. The molecular formula is C22H27FN6O2S. The number of anilines is 2. The van der Waals surface area contributed by atoms with Crippen LogP contribution in [0.15, 0.2) is 28.5 Å². The molecule has 170 valence electrons. The first-order chi connectivity index (χ1) is 15.3. The van der Waals surface area contributed by atoms with Gasteiger partial charge in [-0.05, 0) is 19.1 Å². The molecule has 1 amide bonds. The largest absolute Gasteiger partial charge is 0.375 e. The van der Waals surface area contributed by atoms with Gasteiger partial charge in [0.1, 0.15) is 5.82 Å². The van der Waals surface area contributed by atoms with Crippen LogP contribution in [-0.2, 0) is 11.3 Å². The first-order valence-corrected chi connectivity index (χ1v) is 11.4. The molecule has 1 fully saturated rings. The van der Waals surface area contributed by atoms with Crippen LogP contribution in [0.3, 0.4) is 0 Å². The molecule has 32 heavy (non-hydrogen) atoms. The monoisotopic (exact) mass is 458 g/mol. The zero-order valence-electron chi connectivity index (χ0n) is 18.5. The molecule has 0 saturated carbocycles. The molecule has 1 aliphatic rings. The number of hydrogen-bond donors (Lipinski definition) is 1. The number of aromatic nitrogens is 2. The molecule has 8 nitrogen and oxygen atoms in total. The Bertz CT molecular complexity index is 1210. The summed E-state index contributed by atoms with van der Waals surface area (Å²) in [5.41, 5.74) is 7.56. The second kappa shape index (κ2) is 8.87. The van der Waals surface area contributed by atoms with Gasteiger partial charge in [0.25, 0.3) is 0 Å². The maximum atomic E-state index is 15.2. The summed E-state index contributed by atoms with van der Waals surface area (Å²) in [6.07, 6.45) is 1.77. The maximum Gasteiger partial charge on any atom is 0.236 e. The molecule has 0 atom stereocenters. The quantitative estimate of drug-likeness (QED) is 0.630. The Morgan fingerprint density at radius 3 is 2.56 bits per heavy atom. The molecular weight excluding hydrogens is 431 g/mol. The predicted octanol–water partition coefficient (Wildman–Crippen LogP) is 2.08. The molecule has 2 aromatic heterocycles. The van der Waals surface area contributed by atoms with Crippen molar-refractivity contribution in [3.63, 3.8) is 0 Å². The van der Waals surface area contributed by atoms with E-state index in [1.807, 2.05) is 16.4 Å². The van der Waals surface area contributed by atoms with E-state index in [9.17, 15) is 9.59 Å². The fourth-order valence-electron chi connectivity index (χ4n) is 3.98. The average Bonchev–Trinajstić information content (AvgIpc) is 3.20. The number of nitrogens with zero attached hydrogens (tertiary/aromatic N) is 5. The van der Waals surface area contributed by atoms with E-state index in [1.165, 1.54) is 17.4 Å². The molecule has 1 saturated heterocycles. The van der Waals surface area contributed by atoms with Gasteiger partial charge in [0.05, 0.1) is 29.0 Å². The number of nitrogen functional groups attached to an aromatic ring is 1. The number of nitrogens with two attached hydrogens (primary N) is 1. The summed E-state index contributed by atoms with van der Waals surface area (Å²) in [5.74, 6) is -0.370. The summed E-state index contributed by atoms with van der Waals surface area (Å²) in [5, 5.41) is 2.45. The summed E-state index contributed by atoms with van der Waals surface area (Å²) in [4.78, 5) is 35.0. The fraction of sp³-hybridized carbons (Fsp3) is 0.409. The molecule has 0 bridgehead atoms. The van der Waals surface area contributed by atoms with Crippen LogP contribution in [0, 0.1) is 5.82 Å². The second-order valence-corrected chi connectivity index (χ2v) is 8.99. The zero-order chi connectivity index (χ0) is 23.0. The Kier molecular flexibility index (Phi) is 6.16. The molecule has 0 unspecified atom stereocenters. The highest BCUT2D eigenvalue weighted by atomic mass is 32.1. The van der Waals surface area contributed by atoms with Crippen LogP contribution in [0.5, 0.6) is 0 Å². The molecule has 10 heteroatoms. The van der Waals surface area contributed by atoms with Crippen molar-refractivity contribution in [1.29, 1.82) is 0 Å². The van der Waals surface area contributed by atoms with Gasteiger partial charge in [-0.1, -0.05) is 0 Å². The number of pyridine rings is 1. The molecule has 0 radical (unpaired) electrons. The zero-order valence-corrected chi connectivity index (χ0v) is 19.3. The minimum absolute atomic E-state index is 0.0555. The molecule has 1 aliphatic heterocycles. The van der Waals surface area contributed by atoms with E-state index >= 15 is 4.39 Å². The van der Waals surface area contributed by atoms with Crippen LogP contribution in [0.1, 0.15) is 6.92 Å². The number of likely N-dealkylation sites (N-methyl/N-ethyl adjacent to an activating group) is 1. The number of benzene rings is 1. The van der Waals surface area contributed by atoms with Gasteiger partial charge in [-0.15, -0.1) is 11.3 Å². The van der Waals surface area contributed by atoms with Gasteiger partial charge in [-0.3, -0.25) is 14.5 Å². The highest BCUT2D eigenvalue weighted by Crippen LogP contribution is 2.28. The van der Waals surface area contributed by atoms with Crippen molar-refractivity contribution in [1.82, 2.24) is 19.4 Å². The SMILES string of the molecule is CCn1cc(-c2csc(N)n2)c(=O)c2cc(F)c(N3CCN(CC(=O)N(C)C)CC3)cc21. The van der Waals surface area contributed by atoms with Crippen LogP contribution in [-0.4, -0.2) is 72.1 Å². The molecule has 0 spiro atoms. The van der Waals surface area contributed by atoms with Crippen molar-refractivity contribution in [2.45, 2.75) is 13.5 Å². The van der Waals surface area contributed by atoms with Gasteiger partial charge < -0.3 is 20.1 Å². The number of carbonyl (C=O) groups excluding carboxylic acids is 1. The minimum Gasteiger partial charge on any atom is -0.375 e. The van der Waals surface area contributed by atoms with E-state index in [4.69, 9.17) is 5.73 Å². The van der Waals surface area contributed by atoms with Crippen LogP contribution in [0.25, 0.3) is 22.2 Å². The summed E-state index contributed by atoms with van der Waals surface area (Å²) in [6, 6.07) is 3.09. The molecule has 2 N–H and O–H groups in total. The lowest BCUT2D eigenvalue weighted by Crippen LogP contribution is -2.49. The van der Waals surface area contributed by atoms with E-state index in [2.05, 4.69) is 9.88 Å². The first kappa shape index (κ1) is 22.2. The van der Waals surface area contributed by atoms with Crippen LogP contribution >= 0.6 is 11.3 Å². The normalized spacial score (nSPS) is 14.8. The molecule has 0 aliphatic carbocycles. The minimum atomic E-state index is -0.426. The number of carbonyl (C=O) groups is 1. The van der Waals surface area contributed by atoms with Gasteiger partial charge in [-0.2, -0.15) is 0 Å². The highest BCUT2D eigenvalue weighted by Gasteiger charge is 2.23. The van der Waals surface area contributed by atoms with Crippen molar-refractivity contribution in [2.24, 2.45) is 0 Å². The topological polar surface area (TPSA) is 87.7 Å². The van der Waals surface area contributed by atoms with Gasteiger partial charge in [0.2, 0.25) is 5.91 Å². The molecule has 3 aromatic rings. The number of rotatable bonds is 5. The Morgan fingerprint density at radius 1 is 1.25 bits per heavy atom. The summed E-state index contributed by atoms with van der Waals surface area (Å²) < 4.78 is 17.1. The Balaban J connectivity index is 1.66. The number of aryl methyl sites for hydroxylation is 1. The van der Waals surface area contributed by atoms with E-state index in [1.54, 1.807) is 36.6 Å². The number of hydrogen-bond acceptors (Lipinski definition) is 7. The lowest BCUT2D eigenvalue weighted by atomic mass is 10.1. The number of thiazole rings is 1. The third kappa shape index (κ3) is 4.20. The summed E-state index contributed by atoms with van der Waals surface area (Å²) in [7, 11) is 3.48. The molecule has 1 aromatic carbocycles. The van der Waals surface area contributed by atoms with E-state index in [0.29, 0.717) is 72.2 Å². The lowest BCUT2D eigenvalue weighted by Gasteiger charge is -2.36. The van der Waals surface area contributed by atoms with Crippen LogP contribution in [0.4, 0.5) is 15.2 Å². The maximum absolute atomic E-state index is 15.2. The van der Waals surface area contributed by atoms with Crippen molar-refractivity contribution in [2.75, 3.05) is 57.5 Å². The van der Waals surface area contributed by atoms with E-state index < -0.39 is 5.82 Å². The van der Waals surface area contributed by atoms with Crippen molar-refractivity contribution >= 4 is 39.0 Å². The van der Waals surface area contributed by atoms with Gasteiger partial charge >= 0.3 is 0 Å². The smallest absolute Gasteiger partial charge is 0.236 e. The van der Waals surface area contributed by atoms with Crippen molar-refractivity contribution in [3.05, 3.63) is 39.8 Å². The predicted molar refractivity (Wildman–Crippen MR) is 127 cm³/mol.